The quantitative estimate of drug-likeness (QED) is 0.205. The van der Waals surface area contributed by atoms with E-state index in [-0.39, 0.29) is 0 Å². The van der Waals surface area contributed by atoms with Crippen molar-refractivity contribution >= 4 is 53.6 Å². The Bertz CT molecular complexity index is 2450. The fourth-order valence-electron chi connectivity index (χ4n) is 5.82. The van der Waals surface area contributed by atoms with Gasteiger partial charge in [0.1, 0.15) is 17.5 Å². The number of rotatable bonds is 4. The third-order valence-corrected chi connectivity index (χ3v) is 9.00. The van der Waals surface area contributed by atoms with Gasteiger partial charge in [-0.05, 0) is 41.5 Å². The summed E-state index contributed by atoms with van der Waals surface area (Å²) in [4.78, 5) is 23.6. The molecule has 9 rings (SSSR count). The zero-order chi connectivity index (χ0) is 29.0. The number of hydrogen-bond donors (Lipinski definition) is 0. The van der Waals surface area contributed by atoms with Gasteiger partial charge in [0.2, 0.25) is 0 Å². The molecule has 0 bridgehead atoms. The van der Waals surface area contributed by atoms with E-state index in [1.807, 2.05) is 85.1 Å². The van der Waals surface area contributed by atoms with Crippen LogP contribution in [-0.4, -0.2) is 24.9 Å². The molecule has 0 saturated heterocycles. The molecule has 0 amide bonds. The van der Waals surface area contributed by atoms with Crippen LogP contribution in [0.25, 0.3) is 87.5 Å². The molecule has 9 aromatic rings. The van der Waals surface area contributed by atoms with Gasteiger partial charge in [0.25, 0.3) is 0 Å². The van der Waals surface area contributed by atoms with Crippen LogP contribution in [0.15, 0.2) is 132 Å². The summed E-state index contributed by atoms with van der Waals surface area (Å²) in [6.07, 6.45) is 3.49. The van der Waals surface area contributed by atoms with Gasteiger partial charge in [-0.15, -0.1) is 11.3 Å². The number of thiophene rings is 1. The van der Waals surface area contributed by atoms with Crippen molar-refractivity contribution < 1.29 is 4.42 Å². The van der Waals surface area contributed by atoms with Crippen LogP contribution in [0.4, 0.5) is 0 Å². The van der Waals surface area contributed by atoms with E-state index in [0.717, 1.165) is 65.4 Å². The Morgan fingerprint density at radius 3 is 1.95 bits per heavy atom. The number of hydrogen-bond acceptors (Lipinski definition) is 7. The first-order chi connectivity index (χ1) is 21.8. The largest absolute Gasteiger partial charge is 0.456 e. The van der Waals surface area contributed by atoms with Crippen LogP contribution in [-0.2, 0) is 0 Å². The van der Waals surface area contributed by atoms with E-state index in [4.69, 9.17) is 19.4 Å². The maximum Gasteiger partial charge on any atom is 0.164 e. The van der Waals surface area contributed by atoms with Crippen molar-refractivity contribution in [3.8, 4) is 45.3 Å². The Morgan fingerprint density at radius 2 is 1.20 bits per heavy atom. The van der Waals surface area contributed by atoms with Crippen molar-refractivity contribution in [1.29, 1.82) is 0 Å². The van der Waals surface area contributed by atoms with Crippen molar-refractivity contribution in [2.75, 3.05) is 0 Å². The minimum absolute atomic E-state index is 0.599. The van der Waals surface area contributed by atoms with Gasteiger partial charge in [-0.2, -0.15) is 0 Å². The minimum Gasteiger partial charge on any atom is -0.456 e. The Labute approximate surface area is 255 Å². The third-order valence-electron chi connectivity index (χ3n) is 7.90. The van der Waals surface area contributed by atoms with Crippen molar-refractivity contribution in [1.82, 2.24) is 24.9 Å². The zero-order valence-corrected chi connectivity index (χ0v) is 24.0. The summed E-state index contributed by atoms with van der Waals surface area (Å²) in [5.74, 6) is 1.85. The molecule has 4 heterocycles. The molecular formula is C37H21N5OS. The monoisotopic (exact) mass is 583 g/mol. The van der Waals surface area contributed by atoms with Crippen LogP contribution >= 0.6 is 11.3 Å². The van der Waals surface area contributed by atoms with E-state index in [9.17, 15) is 0 Å². The summed E-state index contributed by atoms with van der Waals surface area (Å²) in [6.45, 7) is 0. The lowest BCUT2D eigenvalue weighted by atomic mass is 9.99. The topological polar surface area (TPSA) is 77.6 Å². The second-order valence-corrected chi connectivity index (χ2v) is 11.7. The molecule has 0 radical (unpaired) electrons. The van der Waals surface area contributed by atoms with Crippen molar-refractivity contribution in [2.45, 2.75) is 0 Å². The average Bonchev–Trinajstić information content (AvgIpc) is 3.66. The van der Waals surface area contributed by atoms with E-state index in [1.165, 1.54) is 4.70 Å². The lowest BCUT2D eigenvalue weighted by Gasteiger charge is -2.09. The molecule has 0 aliphatic rings. The second-order valence-electron chi connectivity index (χ2n) is 10.6. The van der Waals surface area contributed by atoms with Gasteiger partial charge < -0.3 is 4.42 Å². The number of aromatic nitrogens is 5. The Morgan fingerprint density at radius 1 is 0.523 bits per heavy atom. The SMILES string of the molecule is c1ccc(-c2nc(-c3ccccc3)nc(-c3cccc4oc5ccc(-c6ccc7sc8cncnc8c7c6)cc5c34)n2)cc1. The van der Waals surface area contributed by atoms with Crippen molar-refractivity contribution in [2.24, 2.45) is 0 Å². The van der Waals surface area contributed by atoms with Gasteiger partial charge in [0.15, 0.2) is 17.5 Å². The highest BCUT2D eigenvalue weighted by molar-refractivity contribution is 7.25. The zero-order valence-electron chi connectivity index (χ0n) is 23.2. The number of benzene rings is 5. The molecular weight excluding hydrogens is 563 g/mol. The predicted octanol–water partition coefficient (Wildman–Crippen LogP) is 9.60. The molecule has 0 aliphatic heterocycles. The van der Waals surface area contributed by atoms with Crippen LogP contribution < -0.4 is 0 Å². The average molecular weight is 584 g/mol. The summed E-state index contributed by atoms with van der Waals surface area (Å²) in [6, 6.07) is 39.0. The van der Waals surface area contributed by atoms with Gasteiger partial charge >= 0.3 is 0 Å². The Balaban J connectivity index is 1.25. The summed E-state index contributed by atoms with van der Waals surface area (Å²) < 4.78 is 8.64. The first kappa shape index (κ1) is 24.8. The van der Waals surface area contributed by atoms with Crippen molar-refractivity contribution in [3.63, 3.8) is 0 Å². The molecule has 0 saturated carbocycles. The molecule has 7 heteroatoms. The summed E-state index contributed by atoms with van der Waals surface area (Å²) in [5.41, 5.74) is 7.55. The van der Waals surface area contributed by atoms with Crippen LogP contribution in [0.2, 0.25) is 0 Å². The third kappa shape index (κ3) is 4.06. The molecule has 0 fully saturated rings. The number of furan rings is 1. The first-order valence-electron chi connectivity index (χ1n) is 14.2. The number of nitrogens with zero attached hydrogens (tertiary/aromatic N) is 5. The first-order valence-corrected chi connectivity index (χ1v) is 15.1. The van der Waals surface area contributed by atoms with Gasteiger partial charge in [0, 0.05) is 43.7 Å². The molecule has 5 aromatic carbocycles. The second kappa shape index (κ2) is 9.90. The van der Waals surface area contributed by atoms with Gasteiger partial charge in [-0.25, -0.2) is 24.9 Å². The van der Waals surface area contributed by atoms with E-state index in [2.05, 4.69) is 46.4 Å². The molecule has 0 spiro atoms. The molecule has 44 heavy (non-hydrogen) atoms. The highest BCUT2D eigenvalue weighted by atomic mass is 32.1. The standard InChI is InChI=1S/C37H21N5OS/c1-3-8-22(9-4-1)35-40-36(23-10-5-2-6-11-23)42-37(41-35)26-12-7-13-30-33(26)27-18-24(14-16-29(27)43-30)25-15-17-31-28(19-25)34-32(44-31)20-38-21-39-34/h1-21H. The van der Waals surface area contributed by atoms with Gasteiger partial charge in [-0.1, -0.05) is 84.9 Å². The highest BCUT2D eigenvalue weighted by Crippen LogP contribution is 2.40. The summed E-state index contributed by atoms with van der Waals surface area (Å²) >= 11 is 1.71. The van der Waals surface area contributed by atoms with E-state index < -0.39 is 0 Å². The van der Waals surface area contributed by atoms with E-state index >= 15 is 0 Å². The molecule has 0 unspecified atom stereocenters. The van der Waals surface area contributed by atoms with Crippen LogP contribution in [0.5, 0.6) is 0 Å². The summed E-state index contributed by atoms with van der Waals surface area (Å²) in [7, 11) is 0. The van der Waals surface area contributed by atoms with Gasteiger partial charge in [0.05, 0.1) is 10.2 Å². The van der Waals surface area contributed by atoms with E-state index in [0.29, 0.717) is 17.5 Å². The lowest BCUT2D eigenvalue weighted by Crippen LogP contribution is -2.00. The predicted molar refractivity (Wildman–Crippen MR) is 177 cm³/mol. The fraction of sp³-hybridized carbons (Fsp3) is 0. The van der Waals surface area contributed by atoms with E-state index in [1.54, 1.807) is 17.7 Å². The molecule has 4 aromatic heterocycles. The Kier molecular flexibility index (Phi) is 5.57. The molecule has 0 atom stereocenters. The minimum atomic E-state index is 0.599. The molecule has 0 aliphatic carbocycles. The normalized spacial score (nSPS) is 11.6. The lowest BCUT2D eigenvalue weighted by molar-refractivity contribution is 0.669. The van der Waals surface area contributed by atoms with Gasteiger partial charge in [-0.3, -0.25) is 0 Å². The maximum absolute atomic E-state index is 6.36. The molecule has 0 N–H and O–H groups in total. The van der Waals surface area contributed by atoms with Crippen molar-refractivity contribution in [3.05, 3.63) is 128 Å². The highest BCUT2D eigenvalue weighted by Gasteiger charge is 2.18. The molecule has 6 nitrogen and oxygen atoms in total. The maximum atomic E-state index is 6.36. The Hall–Kier alpha value is -5.79. The van der Waals surface area contributed by atoms with Crippen LogP contribution in [0.3, 0.4) is 0 Å². The van der Waals surface area contributed by atoms with Crippen LogP contribution in [0, 0.1) is 0 Å². The van der Waals surface area contributed by atoms with Crippen LogP contribution in [0.1, 0.15) is 0 Å². The fourth-order valence-corrected chi connectivity index (χ4v) is 6.83. The smallest absolute Gasteiger partial charge is 0.164 e. The summed E-state index contributed by atoms with van der Waals surface area (Å²) in [5, 5.41) is 3.12. The molecule has 206 valence electrons. The number of fused-ring (bicyclic) bond motifs is 6.